The van der Waals surface area contributed by atoms with Crippen molar-refractivity contribution in [3.8, 4) is 0 Å². The van der Waals surface area contributed by atoms with Crippen LogP contribution in [0.15, 0.2) is 10.6 Å². The molecule has 0 radical (unpaired) electrons. The fourth-order valence-corrected chi connectivity index (χ4v) is 1.84. The molecule has 0 aliphatic carbocycles. The van der Waals surface area contributed by atoms with Crippen molar-refractivity contribution in [1.29, 1.82) is 0 Å². The van der Waals surface area contributed by atoms with E-state index >= 15 is 0 Å². The second-order valence-electron chi connectivity index (χ2n) is 2.28. The summed E-state index contributed by atoms with van der Waals surface area (Å²) in [6, 6.07) is 0. The fraction of sp³-hybridized carbons (Fsp3) is 0.500. The summed E-state index contributed by atoms with van der Waals surface area (Å²) in [5.41, 5.74) is 0. The van der Waals surface area contributed by atoms with Gasteiger partial charge in [0.05, 0.1) is 6.10 Å². The average Bonchev–Trinajstić information content (AvgIpc) is 2.22. The van der Waals surface area contributed by atoms with Crippen molar-refractivity contribution < 1.29 is 9.53 Å². The van der Waals surface area contributed by atoms with Crippen LogP contribution < -0.4 is 0 Å². The van der Waals surface area contributed by atoms with Crippen molar-refractivity contribution in [1.82, 2.24) is 0 Å². The molecule has 1 saturated heterocycles. The van der Waals surface area contributed by atoms with Gasteiger partial charge in [-0.2, -0.15) is 0 Å². The van der Waals surface area contributed by atoms with Gasteiger partial charge < -0.3 is 4.74 Å². The van der Waals surface area contributed by atoms with Gasteiger partial charge in [-0.3, -0.25) is 4.79 Å². The Morgan fingerprint density at radius 2 is 2.56 bits per heavy atom. The summed E-state index contributed by atoms with van der Waals surface area (Å²) in [7, 11) is 0. The number of hydrogen-bond acceptors (Lipinski definition) is 2. The summed E-state index contributed by atoms with van der Waals surface area (Å²) < 4.78 is 6.11. The molecule has 0 aromatic carbocycles. The van der Waals surface area contributed by atoms with Gasteiger partial charge in [0.15, 0.2) is 5.78 Å². The van der Waals surface area contributed by atoms with E-state index in [0.29, 0.717) is 6.42 Å². The fourth-order valence-electron chi connectivity index (χ4n) is 1.19. The number of rotatable bonds is 0. The Morgan fingerprint density at radius 1 is 1.78 bits per heavy atom. The number of ketones is 1. The number of carbonyl (C=O) groups is 1. The summed E-state index contributed by atoms with van der Waals surface area (Å²) in [6.45, 7) is 0. The number of fused-ring (bicyclic) bond motifs is 2. The standard InChI is InChI=1S/C6H5BrO2/c7-4-1-3-2-5(8)6(4)9-3/h1,3,6H,2H2. The van der Waals surface area contributed by atoms with E-state index in [1.807, 2.05) is 6.08 Å². The molecule has 3 heteroatoms. The molecule has 48 valence electrons. The third-order valence-electron chi connectivity index (χ3n) is 1.60. The lowest BCUT2D eigenvalue weighted by molar-refractivity contribution is -0.120. The Morgan fingerprint density at radius 3 is 2.89 bits per heavy atom. The maximum Gasteiger partial charge on any atom is 0.169 e. The van der Waals surface area contributed by atoms with Crippen molar-refractivity contribution >= 4 is 21.7 Å². The molecule has 0 spiro atoms. The summed E-state index contributed by atoms with van der Waals surface area (Å²) >= 11 is 3.25. The molecule has 0 aromatic rings. The first-order valence-electron chi connectivity index (χ1n) is 2.83. The van der Waals surface area contributed by atoms with Crippen LogP contribution in [0, 0.1) is 0 Å². The first-order chi connectivity index (χ1) is 4.27. The molecule has 2 rings (SSSR count). The van der Waals surface area contributed by atoms with Crippen LogP contribution in [-0.2, 0) is 9.53 Å². The Labute approximate surface area is 61.0 Å². The Kier molecular flexibility index (Phi) is 1.04. The van der Waals surface area contributed by atoms with E-state index < -0.39 is 0 Å². The van der Waals surface area contributed by atoms with E-state index in [0.717, 1.165) is 4.48 Å². The predicted octanol–water partition coefficient (Wildman–Crippen LogP) is 1.01. The second-order valence-corrected chi connectivity index (χ2v) is 3.19. The highest BCUT2D eigenvalue weighted by Gasteiger charge is 2.39. The first kappa shape index (κ1) is 5.62. The van der Waals surface area contributed by atoms with Crippen molar-refractivity contribution in [2.24, 2.45) is 0 Å². The maximum atomic E-state index is 10.9. The number of ether oxygens (including phenoxy) is 1. The van der Waals surface area contributed by atoms with E-state index in [1.165, 1.54) is 0 Å². The van der Waals surface area contributed by atoms with E-state index in [9.17, 15) is 4.79 Å². The van der Waals surface area contributed by atoms with E-state index in [1.54, 1.807) is 0 Å². The van der Waals surface area contributed by atoms with Crippen LogP contribution in [0.2, 0.25) is 0 Å². The molecule has 0 saturated carbocycles. The highest BCUT2D eigenvalue weighted by molar-refractivity contribution is 9.11. The molecule has 2 aliphatic rings. The highest BCUT2D eigenvalue weighted by atomic mass is 79.9. The molecule has 2 nitrogen and oxygen atoms in total. The lowest BCUT2D eigenvalue weighted by atomic mass is 10.1. The second kappa shape index (κ2) is 1.67. The summed E-state index contributed by atoms with van der Waals surface area (Å²) in [5.74, 6) is 0.203. The van der Waals surface area contributed by atoms with E-state index in [4.69, 9.17) is 4.74 Å². The molecular formula is C6H5BrO2. The monoisotopic (exact) mass is 188 g/mol. The smallest absolute Gasteiger partial charge is 0.169 e. The Balaban J connectivity index is 2.36. The van der Waals surface area contributed by atoms with Crippen LogP contribution in [0.1, 0.15) is 6.42 Å². The number of Topliss-reactive ketones (excluding diaryl/α,β-unsaturated/α-hetero) is 1. The maximum absolute atomic E-state index is 10.9. The molecule has 2 heterocycles. The molecular weight excluding hydrogens is 184 g/mol. The van der Waals surface area contributed by atoms with Gasteiger partial charge in [-0.25, -0.2) is 0 Å². The minimum absolute atomic E-state index is 0.0666. The van der Waals surface area contributed by atoms with Crippen molar-refractivity contribution in [2.75, 3.05) is 0 Å². The third-order valence-corrected chi connectivity index (χ3v) is 2.28. The molecule has 2 bridgehead atoms. The van der Waals surface area contributed by atoms with Crippen LogP contribution in [0.5, 0.6) is 0 Å². The molecule has 1 fully saturated rings. The average molecular weight is 189 g/mol. The van der Waals surface area contributed by atoms with Gasteiger partial charge in [-0.1, -0.05) is 15.9 Å². The van der Waals surface area contributed by atoms with E-state index in [2.05, 4.69) is 15.9 Å². The topological polar surface area (TPSA) is 26.3 Å². The molecule has 0 aromatic heterocycles. The van der Waals surface area contributed by atoms with Gasteiger partial charge >= 0.3 is 0 Å². The van der Waals surface area contributed by atoms with Crippen LogP contribution in [-0.4, -0.2) is 18.0 Å². The van der Waals surface area contributed by atoms with Gasteiger partial charge in [0.2, 0.25) is 0 Å². The van der Waals surface area contributed by atoms with Crippen LogP contribution >= 0.6 is 15.9 Å². The highest BCUT2D eigenvalue weighted by Crippen LogP contribution is 2.33. The van der Waals surface area contributed by atoms with Gasteiger partial charge in [0.25, 0.3) is 0 Å². The zero-order valence-corrected chi connectivity index (χ0v) is 6.22. The van der Waals surface area contributed by atoms with Crippen LogP contribution in [0.4, 0.5) is 0 Å². The Bertz CT molecular complexity index is 197. The quantitative estimate of drug-likeness (QED) is 0.568. The first-order valence-corrected chi connectivity index (χ1v) is 3.62. The van der Waals surface area contributed by atoms with Gasteiger partial charge in [0, 0.05) is 10.9 Å². The molecule has 2 atom stereocenters. The van der Waals surface area contributed by atoms with E-state index in [-0.39, 0.29) is 18.0 Å². The normalized spacial score (nSPS) is 39.7. The van der Waals surface area contributed by atoms with Crippen LogP contribution in [0.25, 0.3) is 0 Å². The lowest BCUT2D eigenvalue weighted by Gasteiger charge is -1.99. The molecule has 0 N–H and O–H groups in total. The summed E-state index contributed by atoms with van der Waals surface area (Å²) in [4.78, 5) is 10.9. The minimum atomic E-state index is -0.255. The lowest BCUT2D eigenvalue weighted by Crippen LogP contribution is -2.13. The minimum Gasteiger partial charge on any atom is -0.357 e. The summed E-state index contributed by atoms with van der Waals surface area (Å²) in [6.07, 6.45) is 2.33. The largest absolute Gasteiger partial charge is 0.357 e. The van der Waals surface area contributed by atoms with Crippen molar-refractivity contribution in [2.45, 2.75) is 18.6 Å². The van der Waals surface area contributed by atoms with Gasteiger partial charge in [-0.05, 0) is 6.08 Å². The third kappa shape index (κ3) is 0.682. The van der Waals surface area contributed by atoms with Gasteiger partial charge in [-0.15, -0.1) is 0 Å². The number of hydrogen-bond donors (Lipinski definition) is 0. The van der Waals surface area contributed by atoms with Gasteiger partial charge in [0.1, 0.15) is 6.10 Å². The summed E-state index contributed by atoms with van der Waals surface area (Å²) in [5, 5.41) is 0. The number of halogens is 1. The van der Waals surface area contributed by atoms with Crippen molar-refractivity contribution in [3.05, 3.63) is 10.6 Å². The van der Waals surface area contributed by atoms with Crippen molar-refractivity contribution in [3.63, 3.8) is 0 Å². The SMILES string of the molecule is O=C1CC2C=C(Br)C1O2. The predicted molar refractivity (Wildman–Crippen MR) is 35.3 cm³/mol. The zero-order valence-electron chi connectivity index (χ0n) is 4.63. The zero-order chi connectivity index (χ0) is 6.43. The Hall–Kier alpha value is -0.150. The van der Waals surface area contributed by atoms with Crippen LogP contribution in [0.3, 0.4) is 0 Å². The molecule has 2 unspecified atom stereocenters. The molecule has 0 amide bonds. The number of carbonyl (C=O) groups excluding carboxylic acids is 1. The molecule has 2 aliphatic heterocycles. The molecule has 9 heavy (non-hydrogen) atoms.